The number of carbonyl (C=O) groups is 1. The van der Waals surface area contributed by atoms with Crippen LogP contribution in [0.15, 0.2) is 53.2 Å². The third kappa shape index (κ3) is 4.83. The number of hydrogen-bond acceptors (Lipinski definition) is 7. The van der Waals surface area contributed by atoms with Gasteiger partial charge in [0.05, 0.1) is 17.6 Å². The minimum absolute atomic E-state index is 0.0247. The normalized spacial score (nSPS) is 15.5. The molecule has 1 aliphatic heterocycles. The van der Waals surface area contributed by atoms with Crippen molar-refractivity contribution >= 4 is 23.6 Å². The summed E-state index contributed by atoms with van der Waals surface area (Å²) in [6, 6.07) is 11.1. The second-order valence-electron chi connectivity index (χ2n) is 6.62. The molecule has 2 aromatic rings. The topological polar surface area (TPSA) is 100 Å². The Morgan fingerprint density at radius 1 is 1.20 bits per heavy atom. The van der Waals surface area contributed by atoms with Crippen LogP contribution in [0.2, 0.25) is 0 Å². The minimum atomic E-state index is -0.630. The van der Waals surface area contributed by atoms with Crippen molar-refractivity contribution in [2.45, 2.75) is 33.3 Å². The molecule has 0 fully saturated rings. The van der Waals surface area contributed by atoms with E-state index in [2.05, 4.69) is 4.99 Å². The summed E-state index contributed by atoms with van der Waals surface area (Å²) in [5.74, 6) is 0.593. The highest BCUT2D eigenvalue weighted by Gasteiger charge is 2.25. The Morgan fingerprint density at radius 2 is 2.00 bits per heavy atom. The predicted octanol–water partition coefficient (Wildman–Crippen LogP) is 4.52. The van der Waals surface area contributed by atoms with E-state index in [4.69, 9.17) is 14.2 Å². The average molecular weight is 410 g/mol. The molecule has 3 rings (SSSR count). The van der Waals surface area contributed by atoms with Gasteiger partial charge in [0.25, 0.3) is 5.69 Å². The zero-order valence-electron chi connectivity index (χ0n) is 17.0. The molecule has 0 radical (unpaired) electrons. The molecule has 0 spiro atoms. The molecular formula is C22H22N2O6. The number of aliphatic imine (C=N–C) groups is 1. The van der Waals surface area contributed by atoms with Gasteiger partial charge in [0, 0.05) is 17.7 Å². The van der Waals surface area contributed by atoms with Gasteiger partial charge in [-0.1, -0.05) is 19.1 Å². The van der Waals surface area contributed by atoms with E-state index in [0.29, 0.717) is 29.2 Å². The standard InChI is InChI=1S/C22H22N2O6/c1-4-14(3)29-19-10-9-15(12-20(19)28-5-2)11-18-22(25)30-21(23-18)16-7-6-8-17(13-16)24(26)27/h6-14H,4-5H2,1-3H3/b18-11-. The molecule has 2 aromatic carbocycles. The highest BCUT2D eigenvalue weighted by Crippen LogP contribution is 2.31. The highest BCUT2D eigenvalue weighted by molar-refractivity contribution is 6.13. The summed E-state index contributed by atoms with van der Waals surface area (Å²) in [6.45, 7) is 6.35. The SMILES string of the molecule is CCOc1cc(/C=C2\N=C(c3cccc([N+](=O)[O-])c3)OC2=O)ccc1OC(C)CC. The van der Waals surface area contributed by atoms with Gasteiger partial charge in [0.15, 0.2) is 17.2 Å². The lowest BCUT2D eigenvalue weighted by atomic mass is 10.1. The van der Waals surface area contributed by atoms with E-state index in [1.54, 1.807) is 30.3 Å². The Morgan fingerprint density at radius 3 is 2.70 bits per heavy atom. The van der Waals surface area contributed by atoms with Crippen molar-refractivity contribution < 1.29 is 23.9 Å². The van der Waals surface area contributed by atoms with E-state index < -0.39 is 10.9 Å². The van der Waals surface area contributed by atoms with Gasteiger partial charge < -0.3 is 14.2 Å². The van der Waals surface area contributed by atoms with E-state index in [0.717, 1.165) is 6.42 Å². The van der Waals surface area contributed by atoms with E-state index in [1.807, 2.05) is 20.8 Å². The summed E-state index contributed by atoms with van der Waals surface area (Å²) >= 11 is 0. The van der Waals surface area contributed by atoms with Crippen LogP contribution in [0.25, 0.3) is 6.08 Å². The molecule has 1 atom stereocenters. The summed E-state index contributed by atoms with van der Waals surface area (Å²) in [6.07, 6.45) is 2.47. The number of rotatable bonds is 8. The first-order valence-corrected chi connectivity index (χ1v) is 9.62. The number of nitro groups is 1. The van der Waals surface area contributed by atoms with Crippen LogP contribution in [0.5, 0.6) is 11.5 Å². The Labute approximate surface area is 173 Å². The summed E-state index contributed by atoms with van der Waals surface area (Å²) in [4.78, 5) is 26.9. The average Bonchev–Trinajstić information content (AvgIpc) is 3.10. The summed E-state index contributed by atoms with van der Waals surface area (Å²) in [7, 11) is 0. The molecule has 8 heteroatoms. The van der Waals surface area contributed by atoms with E-state index >= 15 is 0 Å². The number of cyclic esters (lactones) is 1. The Hall–Kier alpha value is -3.68. The van der Waals surface area contributed by atoms with Crippen LogP contribution in [0.1, 0.15) is 38.3 Å². The van der Waals surface area contributed by atoms with Crippen molar-refractivity contribution in [1.82, 2.24) is 0 Å². The summed E-state index contributed by atoms with van der Waals surface area (Å²) < 4.78 is 16.7. The van der Waals surface area contributed by atoms with Crippen LogP contribution in [-0.2, 0) is 9.53 Å². The van der Waals surface area contributed by atoms with Crippen molar-refractivity contribution in [3.05, 3.63) is 69.4 Å². The van der Waals surface area contributed by atoms with Crippen LogP contribution < -0.4 is 9.47 Å². The fourth-order valence-corrected chi connectivity index (χ4v) is 2.72. The Balaban J connectivity index is 1.90. The molecule has 156 valence electrons. The molecule has 1 unspecified atom stereocenters. The van der Waals surface area contributed by atoms with Crippen molar-refractivity contribution in [3.8, 4) is 11.5 Å². The third-order valence-corrected chi connectivity index (χ3v) is 4.40. The number of carbonyl (C=O) groups excluding carboxylic acids is 1. The number of benzene rings is 2. The maximum absolute atomic E-state index is 12.2. The van der Waals surface area contributed by atoms with Crippen LogP contribution in [0.4, 0.5) is 5.69 Å². The molecule has 0 N–H and O–H groups in total. The molecule has 30 heavy (non-hydrogen) atoms. The number of esters is 1. The monoisotopic (exact) mass is 410 g/mol. The summed E-state index contributed by atoms with van der Waals surface area (Å²) in [5.41, 5.74) is 1.02. The lowest BCUT2D eigenvalue weighted by molar-refractivity contribution is -0.384. The lowest BCUT2D eigenvalue weighted by Crippen LogP contribution is -2.10. The van der Waals surface area contributed by atoms with Gasteiger partial charge in [0.1, 0.15) is 0 Å². The predicted molar refractivity (Wildman–Crippen MR) is 112 cm³/mol. The second kappa shape index (κ2) is 9.21. The van der Waals surface area contributed by atoms with Crippen LogP contribution in [0.3, 0.4) is 0 Å². The smallest absolute Gasteiger partial charge is 0.363 e. The van der Waals surface area contributed by atoms with Crippen molar-refractivity contribution in [1.29, 1.82) is 0 Å². The van der Waals surface area contributed by atoms with Gasteiger partial charge in [-0.05, 0) is 50.1 Å². The van der Waals surface area contributed by atoms with Crippen LogP contribution in [0, 0.1) is 10.1 Å². The van der Waals surface area contributed by atoms with Crippen molar-refractivity contribution in [3.63, 3.8) is 0 Å². The fourth-order valence-electron chi connectivity index (χ4n) is 2.72. The van der Waals surface area contributed by atoms with Crippen molar-refractivity contribution in [2.75, 3.05) is 6.61 Å². The van der Waals surface area contributed by atoms with Gasteiger partial charge >= 0.3 is 5.97 Å². The van der Waals surface area contributed by atoms with E-state index in [9.17, 15) is 14.9 Å². The molecule has 1 aliphatic rings. The third-order valence-electron chi connectivity index (χ3n) is 4.40. The molecule has 0 amide bonds. The van der Waals surface area contributed by atoms with Crippen molar-refractivity contribution in [2.24, 2.45) is 4.99 Å². The maximum Gasteiger partial charge on any atom is 0.363 e. The van der Waals surface area contributed by atoms with E-state index in [-0.39, 0.29) is 23.4 Å². The molecule has 0 aromatic heterocycles. The first-order valence-electron chi connectivity index (χ1n) is 9.62. The quantitative estimate of drug-likeness (QED) is 0.275. The molecule has 0 saturated heterocycles. The molecule has 0 bridgehead atoms. The number of hydrogen-bond donors (Lipinski definition) is 0. The van der Waals surface area contributed by atoms with Gasteiger partial charge in [0.2, 0.25) is 5.90 Å². The van der Waals surface area contributed by atoms with Gasteiger partial charge in [-0.15, -0.1) is 0 Å². The molecule has 8 nitrogen and oxygen atoms in total. The zero-order valence-corrected chi connectivity index (χ0v) is 17.0. The zero-order chi connectivity index (χ0) is 21.7. The molecule has 0 saturated carbocycles. The molecule has 0 aliphatic carbocycles. The summed E-state index contributed by atoms with van der Waals surface area (Å²) in [5, 5.41) is 11.0. The fraction of sp³-hybridized carbons (Fsp3) is 0.273. The largest absolute Gasteiger partial charge is 0.490 e. The van der Waals surface area contributed by atoms with Gasteiger partial charge in [-0.3, -0.25) is 10.1 Å². The molecular weight excluding hydrogens is 388 g/mol. The highest BCUT2D eigenvalue weighted by atomic mass is 16.6. The van der Waals surface area contributed by atoms with Crippen LogP contribution >= 0.6 is 0 Å². The van der Waals surface area contributed by atoms with Gasteiger partial charge in [-0.25, -0.2) is 9.79 Å². The van der Waals surface area contributed by atoms with E-state index in [1.165, 1.54) is 18.2 Å². The first-order chi connectivity index (χ1) is 14.4. The maximum atomic E-state index is 12.2. The van der Waals surface area contributed by atoms with Gasteiger partial charge in [-0.2, -0.15) is 0 Å². The Bertz CT molecular complexity index is 1030. The number of nitrogens with zero attached hydrogens (tertiary/aromatic N) is 2. The number of nitro benzene ring substituents is 1. The molecule has 1 heterocycles. The Kier molecular flexibility index (Phi) is 6.46. The minimum Gasteiger partial charge on any atom is -0.490 e. The lowest BCUT2D eigenvalue weighted by Gasteiger charge is -2.16. The number of non-ortho nitro benzene ring substituents is 1. The number of ether oxygens (including phenoxy) is 3. The van der Waals surface area contributed by atoms with Crippen LogP contribution in [-0.4, -0.2) is 29.5 Å². The second-order valence-corrected chi connectivity index (χ2v) is 6.62. The first kappa shape index (κ1) is 21.0.